The van der Waals surface area contributed by atoms with Crippen molar-refractivity contribution in [1.82, 2.24) is 4.98 Å². The van der Waals surface area contributed by atoms with Crippen molar-refractivity contribution in [3.63, 3.8) is 0 Å². The molecule has 2 N–H and O–H groups in total. The van der Waals surface area contributed by atoms with E-state index in [1.807, 2.05) is 18.2 Å². The summed E-state index contributed by atoms with van der Waals surface area (Å²) in [5.41, 5.74) is 0.614. The van der Waals surface area contributed by atoms with Crippen molar-refractivity contribution in [3.05, 3.63) is 36.5 Å². The molecule has 72 valence electrons. The van der Waals surface area contributed by atoms with Crippen LogP contribution in [-0.2, 0) is 0 Å². The van der Waals surface area contributed by atoms with Crippen molar-refractivity contribution in [2.75, 3.05) is 0 Å². The van der Waals surface area contributed by atoms with Gasteiger partial charge in [0, 0.05) is 11.6 Å². The molecule has 2 aromatic rings. The van der Waals surface area contributed by atoms with E-state index in [9.17, 15) is 0 Å². The number of benzene rings is 1. The van der Waals surface area contributed by atoms with Crippen molar-refractivity contribution >= 4 is 37.1 Å². The zero-order chi connectivity index (χ0) is 9.97. The molecule has 0 atom stereocenters. The third kappa shape index (κ3) is 2.74. The Labute approximate surface area is 99.3 Å². The van der Waals surface area contributed by atoms with Gasteiger partial charge in [0.1, 0.15) is 11.3 Å². The van der Waals surface area contributed by atoms with E-state index in [-0.39, 0.29) is 18.9 Å². The average molecular weight is 197 g/mol. The number of para-hydroxylation sites is 1. The second-order valence-corrected chi connectivity index (χ2v) is 2.78. The van der Waals surface area contributed by atoms with Gasteiger partial charge in [0.2, 0.25) is 0 Å². The first-order valence-corrected chi connectivity index (χ1v) is 4.14. The van der Waals surface area contributed by atoms with E-state index in [1.54, 1.807) is 18.3 Å². The molecule has 0 spiro atoms. The summed E-state index contributed by atoms with van der Waals surface area (Å²) in [6.07, 6.45) is 1.62. The van der Waals surface area contributed by atoms with Crippen molar-refractivity contribution in [1.29, 1.82) is 0 Å². The molecule has 1 aromatic heterocycles. The van der Waals surface area contributed by atoms with Gasteiger partial charge < -0.3 is 14.7 Å². The molecule has 0 unspecified atom stereocenters. The van der Waals surface area contributed by atoms with E-state index in [2.05, 4.69) is 4.98 Å². The van der Waals surface area contributed by atoms with Crippen molar-refractivity contribution in [3.8, 4) is 5.75 Å². The van der Waals surface area contributed by atoms with Gasteiger partial charge in [0.15, 0.2) is 0 Å². The summed E-state index contributed by atoms with van der Waals surface area (Å²) in [6.45, 7) is 0. The summed E-state index contributed by atoms with van der Waals surface area (Å²) in [6, 6.07) is 8.95. The molecule has 0 aliphatic carbocycles. The summed E-state index contributed by atoms with van der Waals surface area (Å²) in [5.74, 6) is 0.359. The van der Waals surface area contributed by atoms with Crippen molar-refractivity contribution < 1.29 is 14.7 Å². The van der Waals surface area contributed by atoms with Crippen LogP contribution in [0.2, 0.25) is 0 Å². The van der Waals surface area contributed by atoms with E-state index < -0.39 is 7.32 Å². The monoisotopic (exact) mass is 197 g/mol. The van der Waals surface area contributed by atoms with E-state index in [0.717, 1.165) is 5.39 Å². The summed E-state index contributed by atoms with van der Waals surface area (Å²) in [4.78, 5) is 4.09. The summed E-state index contributed by atoms with van der Waals surface area (Å²) < 4.78 is 4.78. The summed E-state index contributed by atoms with van der Waals surface area (Å²) in [5, 5.41) is 18.2. The number of aromatic nitrogens is 1. The van der Waals surface area contributed by atoms with E-state index in [1.165, 1.54) is 0 Å². The quantitative estimate of drug-likeness (QED) is 0.661. The van der Waals surface area contributed by atoms with Crippen LogP contribution in [0.15, 0.2) is 36.5 Å². The minimum atomic E-state index is -1.82. The zero-order valence-electron chi connectivity index (χ0n) is 7.29. The third-order valence-corrected chi connectivity index (χ3v) is 1.83. The molecule has 4 nitrogen and oxygen atoms in total. The van der Waals surface area contributed by atoms with Crippen molar-refractivity contribution in [2.45, 2.75) is 0 Å². The molecule has 0 radical (unpaired) electrons. The molecule has 6 heteroatoms. The molecule has 1 heterocycles. The standard InChI is InChI=1S/C9H8BNO3.Li.H/c12-10(13)14-8-5-1-3-7-4-2-6-11-9(7)8;;/h1-6,12-13H;;. The summed E-state index contributed by atoms with van der Waals surface area (Å²) >= 11 is 0. The molecular weight excluding hydrogens is 188 g/mol. The number of hydrogen-bond acceptors (Lipinski definition) is 4. The molecule has 0 aliphatic heterocycles. The predicted molar refractivity (Wildman–Crippen MR) is 59.7 cm³/mol. The number of nitrogens with zero attached hydrogens (tertiary/aromatic N) is 1. The molecular formula is C9H9BLiNO3. The van der Waals surface area contributed by atoms with Gasteiger partial charge in [-0.15, -0.1) is 0 Å². The minimum absolute atomic E-state index is 0. The number of rotatable bonds is 2. The number of fused-ring (bicyclic) bond motifs is 1. The van der Waals surface area contributed by atoms with Gasteiger partial charge in [-0.25, -0.2) is 0 Å². The average Bonchev–Trinajstić information content (AvgIpc) is 2.18. The maximum atomic E-state index is 8.67. The molecule has 0 saturated heterocycles. The Hall–Kier alpha value is -0.988. The van der Waals surface area contributed by atoms with Crippen LogP contribution >= 0.6 is 0 Å². The first-order chi connectivity index (χ1) is 6.77. The van der Waals surface area contributed by atoms with Gasteiger partial charge in [0.05, 0.1) is 0 Å². The van der Waals surface area contributed by atoms with Crippen LogP contribution in [-0.4, -0.2) is 41.2 Å². The molecule has 1 aromatic carbocycles. The maximum absolute atomic E-state index is 8.67. The normalized spacial score (nSPS) is 9.47. The molecule has 0 aliphatic rings. The Balaban J connectivity index is 0.00000112. The molecule has 2 rings (SSSR count). The van der Waals surface area contributed by atoms with Crippen LogP contribution in [0.25, 0.3) is 10.9 Å². The van der Waals surface area contributed by atoms with E-state index >= 15 is 0 Å². The van der Waals surface area contributed by atoms with Gasteiger partial charge in [-0.3, -0.25) is 4.98 Å². The van der Waals surface area contributed by atoms with Crippen LogP contribution in [0.3, 0.4) is 0 Å². The fourth-order valence-corrected chi connectivity index (χ4v) is 1.28. The Morgan fingerprint density at radius 2 is 1.87 bits per heavy atom. The second-order valence-electron chi connectivity index (χ2n) is 2.78. The zero-order valence-corrected chi connectivity index (χ0v) is 7.29. The molecule has 0 amide bonds. The molecule has 0 saturated carbocycles. The van der Waals surface area contributed by atoms with Crippen LogP contribution in [0.1, 0.15) is 0 Å². The SMILES string of the molecule is OB(O)Oc1cccc2cccnc12.[LiH]. The fourth-order valence-electron chi connectivity index (χ4n) is 1.28. The Kier molecular flexibility index (Phi) is 4.18. The van der Waals surface area contributed by atoms with Gasteiger partial charge in [0.25, 0.3) is 0 Å². The van der Waals surface area contributed by atoms with Crippen LogP contribution < -0.4 is 4.65 Å². The number of hydrogen-bond donors (Lipinski definition) is 2. The fraction of sp³-hybridized carbons (Fsp3) is 0. The van der Waals surface area contributed by atoms with E-state index in [0.29, 0.717) is 11.3 Å². The van der Waals surface area contributed by atoms with Crippen molar-refractivity contribution in [2.24, 2.45) is 0 Å². The number of pyridine rings is 1. The first-order valence-electron chi connectivity index (χ1n) is 4.14. The Bertz CT molecular complexity index is 447. The van der Waals surface area contributed by atoms with Gasteiger partial charge in [-0.1, -0.05) is 18.2 Å². The Morgan fingerprint density at radius 1 is 1.13 bits per heavy atom. The Morgan fingerprint density at radius 3 is 2.60 bits per heavy atom. The molecule has 0 bridgehead atoms. The van der Waals surface area contributed by atoms with Crippen LogP contribution in [0.5, 0.6) is 5.75 Å². The predicted octanol–water partition coefficient (Wildman–Crippen LogP) is -0.0654. The second kappa shape index (κ2) is 5.19. The first kappa shape index (κ1) is 12.1. The topological polar surface area (TPSA) is 62.6 Å². The molecule has 15 heavy (non-hydrogen) atoms. The van der Waals surface area contributed by atoms with E-state index in [4.69, 9.17) is 14.7 Å². The van der Waals surface area contributed by atoms with Gasteiger partial charge in [-0.05, 0) is 12.1 Å². The van der Waals surface area contributed by atoms with Gasteiger partial charge in [-0.2, -0.15) is 0 Å². The summed E-state index contributed by atoms with van der Waals surface area (Å²) in [7, 11) is -1.82. The van der Waals surface area contributed by atoms with Crippen LogP contribution in [0.4, 0.5) is 0 Å². The van der Waals surface area contributed by atoms with Gasteiger partial charge >= 0.3 is 26.2 Å². The van der Waals surface area contributed by atoms with Crippen LogP contribution in [0, 0.1) is 0 Å². The third-order valence-electron chi connectivity index (χ3n) is 1.83. The molecule has 0 fully saturated rings.